The average Bonchev–Trinajstić information content (AvgIpc) is 3.27. The van der Waals surface area contributed by atoms with Crippen molar-refractivity contribution in [1.82, 2.24) is 19.6 Å². The molecule has 0 saturated carbocycles. The van der Waals surface area contributed by atoms with E-state index in [1.807, 2.05) is 0 Å². The van der Waals surface area contributed by atoms with Crippen LogP contribution in [0.1, 0.15) is 209 Å². The predicted molar refractivity (Wildman–Crippen MR) is 314 cm³/mol. The summed E-state index contributed by atoms with van der Waals surface area (Å²) in [6, 6.07) is 0. The molecule has 7 nitrogen and oxygen atoms in total. The second kappa shape index (κ2) is 88.0. The Morgan fingerprint density at radius 1 is 0.273 bits per heavy atom. The van der Waals surface area contributed by atoms with Gasteiger partial charge in [0.2, 0.25) is 0 Å². The smallest absolute Gasteiger partial charge is 2.00 e. The van der Waals surface area contributed by atoms with Gasteiger partial charge in [0, 0.05) is 52.4 Å². The summed E-state index contributed by atoms with van der Waals surface area (Å²) in [5, 5.41) is 0. The van der Waals surface area contributed by atoms with Crippen LogP contribution in [0.4, 0.5) is 0 Å². The van der Waals surface area contributed by atoms with E-state index in [1.165, 1.54) is 154 Å². The summed E-state index contributed by atoms with van der Waals surface area (Å²) >= 11 is 42.6. The van der Waals surface area contributed by atoms with Gasteiger partial charge in [-0.2, -0.15) is 0 Å². The summed E-state index contributed by atoms with van der Waals surface area (Å²) in [5.41, 5.74) is 0. The molecule has 0 amide bonds. The van der Waals surface area contributed by atoms with Crippen molar-refractivity contribution in [2.75, 3.05) is 52.4 Å². The Kier molecular flexibility index (Phi) is 127. The maximum absolute atomic E-state index is 8.26. The third kappa shape index (κ3) is 84.1. The van der Waals surface area contributed by atoms with Gasteiger partial charge < -0.3 is 173 Å². The van der Waals surface area contributed by atoms with Crippen molar-refractivity contribution in [2.24, 2.45) is 0 Å². The summed E-state index contributed by atoms with van der Waals surface area (Å²) in [7, 11) is 0. The molecular formula is C44H88Mo3N4O3S12. The predicted octanol–water partition coefficient (Wildman–Crippen LogP) is 13.6. The molecule has 0 fully saturated rings. The minimum atomic E-state index is 0. The maximum atomic E-state index is 8.26. The Bertz CT molecular complexity index is 775. The van der Waals surface area contributed by atoms with Crippen LogP contribution < -0.4 is 0 Å². The SMILES string of the molecule is CCCCCN(CCCCC)C(=S)[S-].CCCCCN(CCCCC)C(=S)[S-].CCCCCN(CCCCC)C(=S)[S-].CCCCCN(CCCCC)C(=S)[S-].[O]=[Mo+4].[O]=[Mo+4].[O]=[Mo+4].[S-2].[S-2].[S-2].[S-2]. The Morgan fingerprint density at radius 3 is 0.424 bits per heavy atom. The van der Waals surface area contributed by atoms with Crippen LogP contribution in [-0.2, 0) is 174 Å². The average molecular weight is 1390 g/mol. The molecule has 0 saturated heterocycles. The van der Waals surface area contributed by atoms with Gasteiger partial charge in [-0.15, -0.1) is 0 Å². The summed E-state index contributed by atoms with van der Waals surface area (Å²) in [4.78, 5) is 8.71. The van der Waals surface area contributed by atoms with Crippen molar-refractivity contribution >= 4 is 171 Å². The number of unbranched alkanes of at least 4 members (excludes halogenated alkanes) is 16. The normalized spacial score (nSPS) is 8.88. The van der Waals surface area contributed by atoms with Crippen LogP contribution in [0.3, 0.4) is 0 Å². The Labute approximate surface area is 515 Å². The van der Waals surface area contributed by atoms with Crippen LogP contribution >= 0.6 is 48.9 Å². The zero-order chi connectivity index (χ0) is 49.2. The van der Waals surface area contributed by atoms with E-state index < -0.39 is 0 Å². The standard InChI is InChI=1S/4C11H23NS2.3Mo.3O.4S/c4*1-3-5-7-9-12(11(13)14)10-8-6-4-2;;;;;;;;;;/h4*3-10H2,1-2H3,(H,13,14);;;;;;;;;;/q;;;;3*+4;;;;4*-2/p-4. The Hall–Kier alpha value is 3.30. The van der Waals surface area contributed by atoms with Gasteiger partial charge in [0.15, 0.2) is 0 Å². The van der Waals surface area contributed by atoms with Gasteiger partial charge in [-0.3, -0.25) is 0 Å². The molecular weight excluding hydrogens is 1310 g/mol. The number of rotatable bonds is 32. The first-order valence-corrected chi connectivity index (χ1v) is 28.9. The molecule has 66 heavy (non-hydrogen) atoms. The fourth-order valence-electron chi connectivity index (χ4n) is 5.60. The number of hydrogen-bond donors (Lipinski definition) is 0. The van der Waals surface area contributed by atoms with Gasteiger partial charge in [0.05, 0.1) is 0 Å². The fraction of sp³-hybridized carbons (Fsp3) is 0.909. The van der Waals surface area contributed by atoms with E-state index in [2.05, 4.69) is 75.0 Å². The van der Waals surface area contributed by atoms with E-state index in [4.69, 9.17) is 110 Å². The van der Waals surface area contributed by atoms with Crippen LogP contribution in [0.25, 0.3) is 0 Å². The van der Waals surface area contributed by atoms with Gasteiger partial charge in [-0.25, -0.2) is 0 Å². The first-order chi connectivity index (χ1) is 29.9. The van der Waals surface area contributed by atoms with Crippen molar-refractivity contribution < 1.29 is 69.5 Å². The second-order valence-corrected chi connectivity index (χ2v) is 18.8. The van der Waals surface area contributed by atoms with Crippen LogP contribution in [0.15, 0.2) is 0 Å². The van der Waals surface area contributed by atoms with Gasteiger partial charge in [0.1, 0.15) is 0 Å². The molecule has 0 atom stereocenters. The van der Waals surface area contributed by atoms with E-state index in [0.717, 1.165) is 52.4 Å². The molecule has 392 valence electrons. The summed E-state index contributed by atoms with van der Waals surface area (Å²) in [5.74, 6) is 0. The first-order valence-electron chi connectivity index (χ1n) is 23.2. The summed E-state index contributed by atoms with van der Waals surface area (Å²) in [6.07, 6.45) is 30.1. The summed E-state index contributed by atoms with van der Waals surface area (Å²) in [6.45, 7) is 26.2. The molecule has 0 bridgehead atoms. The molecule has 0 aliphatic rings. The molecule has 0 aromatic rings. The molecule has 0 aliphatic heterocycles. The largest absolute Gasteiger partial charge is 2.00 e. The minimum Gasteiger partial charge on any atom is -2.00 e. The van der Waals surface area contributed by atoms with Crippen molar-refractivity contribution in [3.63, 3.8) is 0 Å². The number of nitrogens with zero attached hydrogens (tertiary/aromatic N) is 4. The maximum Gasteiger partial charge on any atom is -2.00 e. The van der Waals surface area contributed by atoms with Crippen molar-refractivity contribution in [3.8, 4) is 0 Å². The molecule has 22 heteroatoms. The number of thiocarbonyl (C=S) groups is 4. The van der Waals surface area contributed by atoms with E-state index in [0.29, 0.717) is 76.6 Å². The molecule has 0 N–H and O–H groups in total. The van der Waals surface area contributed by atoms with Crippen LogP contribution in [0.5, 0.6) is 0 Å². The van der Waals surface area contributed by atoms with Gasteiger partial charge in [-0.1, -0.05) is 175 Å². The van der Waals surface area contributed by atoms with Crippen LogP contribution in [0, 0.1) is 0 Å². The van der Waals surface area contributed by atoms with Crippen LogP contribution in [0.2, 0.25) is 0 Å². The molecule has 0 spiro atoms. The van der Waals surface area contributed by atoms with Crippen molar-refractivity contribution in [2.45, 2.75) is 209 Å². The van der Waals surface area contributed by atoms with E-state index in [1.54, 1.807) is 0 Å². The van der Waals surface area contributed by atoms with Gasteiger partial charge in [-0.05, 0) is 51.4 Å². The Balaban J connectivity index is -0.0000000640. The third-order valence-electron chi connectivity index (χ3n) is 9.29. The second-order valence-electron chi connectivity index (χ2n) is 14.7. The van der Waals surface area contributed by atoms with Crippen molar-refractivity contribution in [1.29, 1.82) is 0 Å². The Morgan fingerprint density at radius 2 is 0.364 bits per heavy atom. The molecule has 0 heterocycles. The van der Waals surface area contributed by atoms with E-state index in [9.17, 15) is 0 Å². The zero-order valence-corrected chi connectivity index (χ0v) is 57.6. The first kappa shape index (κ1) is 95.1. The zero-order valence-electron chi connectivity index (χ0n) is 41.8. The molecule has 0 aliphatic carbocycles. The molecule has 0 radical (unpaired) electrons. The fourth-order valence-corrected chi connectivity index (χ4v) is 7.06. The van der Waals surface area contributed by atoms with E-state index in [-0.39, 0.29) is 54.0 Å². The summed E-state index contributed by atoms with van der Waals surface area (Å²) < 4.78 is 27.4. The molecule has 0 unspecified atom stereocenters. The van der Waals surface area contributed by atoms with Gasteiger partial charge >= 0.3 is 69.5 Å². The number of hydrogen-bond acceptors (Lipinski definition) is 11. The topological polar surface area (TPSA) is 64.2 Å². The van der Waals surface area contributed by atoms with E-state index >= 15 is 0 Å². The molecule has 0 rings (SSSR count). The molecule has 0 aromatic heterocycles. The monoisotopic (exact) mass is 1400 g/mol. The third-order valence-corrected chi connectivity index (χ3v) is 11.4. The van der Waals surface area contributed by atoms with Gasteiger partial charge in [0.25, 0.3) is 0 Å². The molecule has 0 aromatic carbocycles. The van der Waals surface area contributed by atoms with Crippen molar-refractivity contribution in [3.05, 3.63) is 0 Å². The quantitative estimate of drug-likeness (QED) is 0.0278. The minimum absolute atomic E-state index is 0. The van der Waals surface area contributed by atoms with Crippen LogP contribution in [-0.4, -0.2) is 89.2 Å².